The second-order valence-corrected chi connectivity index (χ2v) is 8.96. The summed E-state index contributed by atoms with van der Waals surface area (Å²) in [6.45, 7) is 4.37. The van der Waals surface area contributed by atoms with E-state index in [0.717, 1.165) is 51.8 Å². The summed E-state index contributed by atoms with van der Waals surface area (Å²) in [7, 11) is 0. The minimum atomic E-state index is -0.0994. The topological polar surface area (TPSA) is 75.1 Å². The SMILES string of the molecule is CCCC(CC)Cc1nc(-c2ccc(O)cc2)cnc1NC(=O)Cc1ccc(I)cc1. The standard InChI is InChI=1S/C25H28IN3O2/c1-3-5-17(4-2)14-22-25(29-24(31)15-18-6-10-20(26)11-7-18)27-16-23(28-22)19-8-12-21(30)13-9-19/h6-13,16-17,30H,3-5,14-15H2,1-2H3,(H,27,29,31). The number of anilines is 1. The first-order valence-corrected chi connectivity index (χ1v) is 11.8. The number of nitrogens with one attached hydrogen (secondary N) is 1. The van der Waals surface area contributed by atoms with Crippen molar-refractivity contribution in [1.29, 1.82) is 0 Å². The van der Waals surface area contributed by atoms with Gasteiger partial charge in [0.15, 0.2) is 5.82 Å². The van der Waals surface area contributed by atoms with Gasteiger partial charge in [-0.3, -0.25) is 4.79 Å². The Kier molecular flexibility index (Phi) is 8.40. The fourth-order valence-corrected chi connectivity index (χ4v) is 3.90. The Hall–Kier alpha value is -2.48. The highest BCUT2D eigenvalue weighted by Crippen LogP contribution is 2.25. The summed E-state index contributed by atoms with van der Waals surface area (Å²) < 4.78 is 1.14. The molecule has 6 heteroatoms. The van der Waals surface area contributed by atoms with Gasteiger partial charge in [0, 0.05) is 9.13 Å². The summed E-state index contributed by atoms with van der Waals surface area (Å²) in [5, 5.41) is 12.5. The van der Waals surface area contributed by atoms with E-state index < -0.39 is 0 Å². The molecule has 3 rings (SSSR count). The summed E-state index contributed by atoms with van der Waals surface area (Å²) in [5.74, 6) is 1.14. The van der Waals surface area contributed by atoms with Gasteiger partial charge in [0.25, 0.3) is 0 Å². The van der Waals surface area contributed by atoms with E-state index in [1.165, 1.54) is 0 Å². The number of amides is 1. The quantitative estimate of drug-likeness (QED) is 0.334. The van der Waals surface area contributed by atoms with Crippen molar-refractivity contribution in [2.45, 2.75) is 46.0 Å². The number of hydrogen-bond acceptors (Lipinski definition) is 4. The average Bonchev–Trinajstić information content (AvgIpc) is 2.76. The molecule has 2 N–H and O–H groups in total. The van der Waals surface area contributed by atoms with Crippen LogP contribution in [0.15, 0.2) is 54.7 Å². The van der Waals surface area contributed by atoms with E-state index in [1.807, 2.05) is 36.4 Å². The summed E-state index contributed by atoms with van der Waals surface area (Å²) in [6, 6.07) is 14.9. The Morgan fingerprint density at radius 1 is 1.10 bits per heavy atom. The fraction of sp³-hybridized carbons (Fsp3) is 0.320. The molecule has 0 saturated heterocycles. The van der Waals surface area contributed by atoms with E-state index in [9.17, 15) is 9.90 Å². The molecule has 0 saturated carbocycles. The number of phenolic OH excluding ortho intramolecular Hbond substituents is 1. The minimum absolute atomic E-state index is 0.0994. The van der Waals surface area contributed by atoms with Crippen LogP contribution in [0.25, 0.3) is 11.3 Å². The Morgan fingerprint density at radius 3 is 2.45 bits per heavy atom. The normalized spacial score (nSPS) is 11.8. The average molecular weight is 529 g/mol. The molecule has 0 aliphatic heterocycles. The predicted molar refractivity (Wildman–Crippen MR) is 133 cm³/mol. The molecule has 1 amide bonds. The van der Waals surface area contributed by atoms with Gasteiger partial charge < -0.3 is 10.4 Å². The Labute approximate surface area is 197 Å². The van der Waals surface area contributed by atoms with Crippen molar-refractivity contribution >= 4 is 34.3 Å². The molecule has 3 aromatic rings. The second kappa shape index (κ2) is 11.2. The molecule has 0 fully saturated rings. The molecule has 0 radical (unpaired) electrons. The van der Waals surface area contributed by atoms with Crippen LogP contribution in [0.5, 0.6) is 5.75 Å². The van der Waals surface area contributed by atoms with Crippen LogP contribution in [-0.4, -0.2) is 21.0 Å². The molecule has 1 heterocycles. The second-order valence-electron chi connectivity index (χ2n) is 7.72. The number of carbonyl (C=O) groups is 1. The number of aromatic nitrogens is 2. The number of aromatic hydroxyl groups is 1. The third kappa shape index (κ3) is 6.75. The smallest absolute Gasteiger partial charge is 0.229 e. The lowest BCUT2D eigenvalue weighted by molar-refractivity contribution is -0.115. The van der Waals surface area contributed by atoms with Crippen LogP contribution in [0, 0.1) is 9.49 Å². The lowest BCUT2D eigenvalue weighted by atomic mass is 9.95. The van der Waals surface area contributed by atoms with Crippen molar-refractivity contribution in [2.24, 2.45) is 5.92 Å². The van der Waals surface area contributed by atoms with Crippen LogP contribution in [0.1, 0.15) is 44.4 Å². The highest BCUT2D eigenvalue weighted by molar-refractivity contribution is 14.1. The van der Waals surface area contributed by atoms with Crippen molar-refractivity contribution in [3.8, 4) is 17.0 Å². The molecule has 0 spiro atoms. The maximum atomic E-state index is 12.7. The lowest BCUT2D eigenvalue weighted by Gasteiger charge is -2.17. The van der Waals surface area contributed by atoms with E-state index in [4.69, 9.17) is 4.98 Å². The molecule has 1 aromatic heterocycles. The first kappa shape index (κ1) is 23.2. The van der Waals surface area contributed by atoms with Crippen molar-refractivity contribution in [3.63, 3.8) is 0 Å². The summed E-state index contributed by atoms with van der Waals surface area (Å²) >= 11 is 2.25. The molecule has 162 valence electrons. The molecule has 1 unspecified atom stereocenters. The Bertz CT molecular complexity index is 1000. The molecular weight excluding hydrogens is 501 g/mol. The number of phenols is 1. The maximum Gasteiger partial charge on any atom is 0.229 e. The first-order chi connectivity index (χ1) is 15.0. The van der Waals surface area contributed by atoms with Crippen LogP contribution in [0.4, 0.5) is 5.82 Å². The van der Waals surface area contributed by atoms with E-state index in [0.29, 0.717) is 18.2 Å². The van der Waals surface area contributed by atoms with Crippen LogP contribution in [-0.2, 0) is 17.6 Å². The maximum absolute atomic E-state index is 12.7. The summed E-state index contributed by atoms with van der Waals surface area (Å²) in [5.41, 5.74) is 3.39. The minimum Gasteiger partial charge on any atom is -0.508 e. The number of carbonyl (C=O) groups excluding carboxylic acids is 1. The van der Waals surface area contributed by atoms with Gasteiger partial charge in [0.2, 0.25) is 5.91 Å². The molecule has 0 aliphatic rings. The van der Waals surface area contributed by atoms with E-state index >= 15 is 0 Å². The van der Waals surface area contributed by atoms with Crippen LogP contribution in [0.2, 0.25) is 0 Å². The molecule has 1 atom stereocenters. The van der Waals surface area contributed by atoms with Crippen molar-refractivity contribution in [3.05, 3.63) is 69.6 Å². The van der Waals surface area contributed by atoms with Gasteiger partial charge in [-0.05, 0) is 76.9 Å². The monoisotopic (exact) mass is 529 g/mol. The van der Waals surface area contributed by atoms with Crippen molar-refractivity contribution < 1.29 is 9.90 Å². The molecular formula is C25H28IN3O2. The van der Waals surface area contributed by atoms with Gasteiger partial charge in [-0.1, -0.05) is 45.2 Å². The summed E-state index contributed by atoms with van der Waals surface area (Å²) in [4.78, 5) is 22.1. The molecule has 2 aromatic carbocycles. The fourth-order valence-electron chi connectivity index (χ4n) is 3.54. The third-order valence-electron chi connectivity index (χ3n) is 5.30. The van der Waals surface area contributed by atoms with E-state index in [-0.39, 0.29) is 11.7 Å². The van der Waals surface area contributed by atoms with Crippen molar-refractivity contribution in [1.82, 2.24) is 9.97 Å². The predicted octanol–water partition coefficient (Wildman–Crippen LogP) is 6.00. The zero-order valence-electron chi connectivity index (χ0n) is 17.9. The number of halogens is 1. The van der Waals surface area contributed by atoms with Gasteiger partial charge in [0.05, 0.1) is 24.0 Å². The number of benzene rings is 2. The number of rotatable bonds is 9. The zero-order valence-corrected chi connectivity index (χ0v) is 20.1. The Balaban J connectivity index is 1.85. The molecule has 31 heavy (non-hydrogen) atoms. The highest BCUT2D eigenvalue weighted by atomic mass is 127. The number of nitrogens with zero attached hydrogens (tertiary/aromatic N) is 2. The summed E-state index contributed by atoms with van der Waals surface area (Å²) in [6.07, 6.45) is 6.01. The van der Waals surface area contributed by atoms with Gasteiger partial charge in [-0.2, -0.15) is 0 Å². The van der Waals surface area contributed by atoms with Crippen LogP contribution >= 0.6 is 22.6 Å². The molecule has 0 bridgehead atoms. The Morgan fingerprint density at radius 2 is 1.81 bits per heavy atom. The molecule has 0 aliphatic carbocycles. The third-order valence-corrected chi connectivity index (χ3v) is 6.02. The van der Waals surface area contributed by atoms with Gasteiger partial charge in [-0.15, -0.1) is 0 Å². The van der Waals surface area contributed by atoms with Gasteiger partial charge >= 0.3 is 0 Å². The van der Waals surface area contributed by atoms with Crippen molar-refractivity contribution in [2.75, 3.05) is 5.32 Å². The largest absolute Gasteiger partial charge is 0.508 e. The highest BCUT2D eigenvalue weighted by Gasteiger charge is 2.16. The van der Waals surface area contributed by atoms with Crippen LogP contribution in [0.3, 0.4) is 0 Å². The zero-order chi connectivity index (χ0) is 22.2. The van der Waals surface area contributed by atoms with Gasteiger partial charge in [0.1, 0.15) is 5.75 Å². The first-order valence-electron chi connectivity index (χ1n) is 10.7. The van der Waals surface area contributed by atoms with E-state index in [2.05, 4.69) is 46.7 Å². The van der Waals surface area contributed by atoms with Gasteiger partial charge in [-0.25, -0.2) is 9.97 Å². The van der Waals surface area contributed by atoms with E-state index in [1.54, 1.807) is 18.3 Å². The molecule has 5 nitrogen and oxygen atoms in total. The lowest BCUT2D eigenvalue weighted by Crippen LogP contribution is -2.18. The van der Waals surface area contributed by atoms with Crippen LogP contribution < -0.4 is 5.32 Å². The number of hydrogen-bond donors (Lipinski definition) is 2.